The molecule has 0 aromatic carbocycles. The second-order valence-corrected chi connectivity index (χ2v) is 13.0. The van der Waals surface area contributed by atoms with Gasteiger partial charge >= 0.3 is 0 Å². The maximum Gasteiger partial charge on any atom is 0.200 e. The highest BCUT2D eigenvalue weighted by Crippen LogP contribution is 2.43. The van der Waals surface area contributed by atoms with Crippen molar-refractivity contribution in [2.45, 2.75) is 84.0 Å². The molecule has 1 unspecified atom stereocenters. The predicted molar refractivity (Wildman–Crippen MR) is 84.9 cm³/mol. The van der Waals surface area contributed by atoms with Crippen molar-refractivity contribution in [3.63, 3.8) is 0 Å². The van der Waals surface area contributed by atoms with Crippen molar-refractivity contribution < 1.29 is 9.53 Å². The molecule has 0 amide bonds. The first-order valence-corrected chi connectivity index (χ1v) is 10.2. The molecular weight excluding hydrogens is 252 g/mol. The van der Waals surface area contributed by atoms with Crippen LogP contribution in [0.1, 0.15) is 61.3 Å². The zero-order chi connectivity index (χ0) is 14.8. The van der Waals surface area contributed by atoms with Crippen LogP contribution in [0.4, 0.5) is 0 Å². The van der Waals surface area contributed by atoms with Gasteiger partial charge in [0.15, 0.2) is 8.32 Å². The number of hydrogen-bond acceptors (Lipinski definition) is 2. The average molecular weight is 287 g/mol. The van der Waals surface area contributed by atoms with Crippen molar-refractivity contribution in [3.8, 4) is 0 Å². The van der Waals surface area contributed by atoms with Gasteiger partial charge in [-0.15, -0.1) is 0 Å². The Labute approximate surface area is 121 Å². The normalized spacial score (nSPS) is 28.9. The Morgan fingerprint density at radius 3 is 1.79 bits per heavy atom. The smallest absolute Gasteiger partial charge is 0.200 e. The van der Waals surface area contributed by atoms with E-state index in [2.05, 4.69) is 48.5 Å². The molecule has 0 saturated heterocycles. The fraction of sp³-hybridized carbons (Fsp3) is 1.00. The molecule has 0 aliphatic heterocycles. The zero-order valence-corrected chi connectivity index (χ0v) is 14.9. The number of hydrogen-bond donors (Lipinski definition) is 1. The first-order valence-electron chi connectivity index (χ1n) is 8.03. The Balaban J connectivity index is 2.69. The van der Waals surface area contributed by atoms with E-state index in [0.717, 1.165) is 19.4 Å². The van der Waals surface area contributed by atoms with Gasteiger partial charge in [-0.05, 0) is 41.3 Å². The lowest BCUT2D eigenvalue weighted by Crippen LogP contribution is -2.48. The van der Waals surface area contributed by atoms with Crippen LogP contribution in [0.25, 0.3) is 0 Å². The molecule has 1 N–H and O–H groups in total. The third kappa shape index (κ3) is 3.62. The van der Waals surface area contributed by atoms with Crippen molar-refractivity contribution >= 4 is 8.32 Å². The van der Waals surface area contributed by atoms with E-state index in [-0.39, 0.29) is 6.10 Å². The predicted octanol–water partition coefficient (Wildman–Crippen LogP) is 4.59. The topological polar surface area (TPSA) is 29.5 Å². The highest BCUT2D eigenvalue weighted by molar-refractivity contribution is 6.77. The molecule has 0 aromatic rings. The second kappa shape index (κ2) is 6.73. The molecule has 1 aliphatic rings. The lowest BCUT2D eigenvalue weighted by Gasteiger charge is -2.42. The maximum absolute atomic E-state index is 9.88. The molecule has 3 atom stereocenters. The van der Waals surface area contributed by atoms with E-state index in [4.69, 9.17) is 4.43 Å². The second-order valence-electron chi connectivity index (χ2n) is 7.51. The van der Waals surface area contributed by atoms with E-state index in [1.807, 2.05) is 0 Å². The molecule has 1 fully saturated rings. The maximum atomic E-state index is 9.88. The summed E-state index contributed by atoms with van der Waals surface area (Å²) in [6.07, 6.45) is 1.95. The van der Waals surface area contributed by atoms with E-state index in [9.17, 15) is 5.11 Å². The van der Waals surface area contributed by atoms with E-state index in [1.54, 1.807) is 0 Å². The van der Waals surface area contributed by atoms with Gasteiger partial charge in [-0.25, -0.2) is 0 Å². The highest BCUT2D eigenvalue weighted by atomic mass is 28.4. The Morgan fingerprint density at radius 1 is 1.00 bits per heavy atom. The molecule has 114 valence electrons. The SMILES string of the molecule is CC(C)[Si](OC[C@H]1CC(O)[C@H](C)C1)(C(C)C)C(C)C. The molecule has 0 heterocycles. The van der Waals surface area contributed by atoms with Crippen molar-refractivity contribution in [3.05, 3.63) is 0 Å². The minimum Gasteiger partial charge on any atom is -0.416 e. The van der Waals surface area contributed by atoms with Crippen molar-refractivity contribution in [2.24, 2.45) is 11.8 Å². The van der Waals surface area contributed by atoms with Gasteiger partial charge in [0.1, 0.15) is 0 Å². The minimum absolute atomic E-state index is 0.109. The fourth-order valence-corrected chi connectivity index (χ4v) is 9.78. The van der Waals surface area contributed by atoms with Crippen LogP contribution < -0.4 is 0 Å². The van der Waals surface area contributed by atoms with Crippen molar-refractivity contribution in [2.75, 3.05) is 6.61 Å². The van der Waals surface area contributed by atoms with Crippen LogP contribution in [0.2, 0.25) is 16.6 Å². The fourth-order valence-electron chi connectivity index (χ4n) is 4.25. The van der Waals surface area contributed by atoms with Gasteiger partial charge in [-0.2, -0.15) is 0 Å². The summed E-state index contributed by atoms with van der Waals surface area (Å²) in [6, 6.07) is 0. The van der Waals surface area contributed by atoms with Crippen LogP contribution in [0, 0.1) is 11.8 Å². The van der Waals surface area contributed by atoms with Gasteiger partial charge in [0, 0.05) is 6.61 Å². The van der Waals surface area contributed by atoms with E-state index < -0.39 is 8.32 Å². The summed E-state index contributed by atoms with van der Waals surface area (Å²) >= 11 is 0. The molecule has 2 nitrogen and oxygen atoms in total. The quantitative estimate of drug-likeness (QED) is 0.724. The van der Waals surface area contributed by atoms with E-state index in [0.29, 0.717) is 28.5 Å². The lowest BCUT2D eigenvalue weighted by atomic mass is 10.1. The van der Waals surface area contributed by atoms with Crippen LogP contribution in [0.5, 0.6) is 0 Å². The van der Waals surface area contributed by atoms with Gasteiger partial charge < -0.3 is 9.53 Å². The lowest BCUT2D eigenvalue weighted by molar-refractivity contribution is 0.135. The van der Waals surface area contributed by atoms with Crippen LogP contribution >= 0.6 is 0 Å². The monoisotopic (exact) mass is 286 g/mol. The first-order chi connectivity index (χ1) is 8.71. The van der Waals surface area contributed by atoms with Crippen molar-refractivity contribution in [1.29, 1.82) is 0 Å². The Morgan fingerprint density at radius 2 is 1.47 bits per heavy atom. The Kier molecular flexibility index (Phi) is 6.09. The molecule has 0 spiro atoms. The molecule has 1 saturated carbocycles. The number of aliphatic hydroxyl groups is 1. The van der Waals surface area contributed by atoms with Gasteiger partial charge in [0.05, 0.1) is 6.10 Å². The summed E-state index contributed by atoms with van der Waals surface area (Å²) in [6.45, 7) is 17.0. The third-order valence-electron chi connectivity index (χ3n) is 5.21. The first kappa shape index (κ1) is 17.2. The molecular formula is C16H34O2Si. The molecule has 19 heavy (non-hydrogen) atoms. The molecule has 0 aromatic heterocycles. The molecule has 0 radical (unpaired) electrons. The molecule has 1 rings (SSSR count). The summed E-state index contributed by atoms with van der Waals surface area (Å²) in [5.41, 5.74) is 1.95. The summed E-state index contributed by atoms with van der Waals surface area (Å²) in [5, 5.41) is 9.88. The summed E-state index contributed by atoms with van der Waals surface area (Å²) in [4.78, 5) is 0. The van der Waals surface area contributed by atoms with Gasteiger partial charge in [-0.1, -0.05) is 48.5 Å². The van der Waals surface area contributed by atoms with Gasteiger partial charge in [0.25, 0.3) is 0 Å². The van der Waals surface area contributed by atoms with Crippen LogP contribution in [0.3, 0.4) is 0 Å². The van der Waals surface area contributed by atoms with Crippen LogP contribution in [-0.2, 0) is 4.43 Å². The third-order valence-corrected chi connectivity index (χ3v) is 11.3. The van der Waals surface area contributed by atoms with Crippen LogP contribution in [0.15, 0.2) is 0 Å². The Hall–Kier alpha value is 0.137. The summed E-state index contributed by atoms with van der Waals surface area (Å²) in [7, 11) is -1.72. The van der Waals surface area contributed by atoms with Gasteiger partial charge in [0.2, 0.25) is 0 Å². The number of aliphatic hydroxyl groups excluding tert-OH is 1. The van der Waals surface area contributed by atoms with E-state index in [1.165, 1.54) is 0 Å². The largest absolute Gasteiger partial charge is 0.416 e. The standard InChI is InChI=1S/C16H34O2Si/c1-11(2)19(12(3)4,13(5)6)18-10-15-8-14(7)16(17)9-15/h11-17H,8-10H2,1-7H3/t14-,15-,16?/m1/s1. The zero-order valence-electron chi connectivity index (χ0n) is 13.9. The van der Waals surface area contributed by atoms with Crippen LogP contribution in [-0.4, -0.2) is 26.1 Å². The minimum atomic E-state index is -1.72. The Bertz CT molecular complexity index is 244. The van der Waals surface area contributed by atoms with E-state index >= 15 is 0 Å². The van der Waals surface area contributed by atoms with Gasteiger partial charge in [-0.3, -0.25) is 0 Å². The molecule has 0 bridgehead atoms. The average Bonchev–Trinajstić information content (AvgIpc) is 2.57. The molecule has 3 heteroatoms. The highest BCUT2D eigenvalue weighted by Gasteiger charge is 2.45. The summed E-state index contributed by atoms with van der Waals surface area (Å²) < 4.78 is 6.62. The number of rotatable bonds is 6. The molecule has 1 aliphatic carbocycles. The van der Waals surface area contributed by atoms with Crippen molar-refractivity contribution in [1.82, 2.24) is 0 Å². The summed E-state index contributed by atoms with van der Waals surface area (Å²) in [5.74, 6) is 1.01.